The first-order valence-corrected chi connectivity index (χ1v) is 3.07. The van der Waals surface area contributed by atoms with Gasteiger partial charge >= 0.3 is 0 Å². The molecule has 1 amide bonds. The molecule has 4 nitrogen and oxygen atoms in total. The molecule has 1 rings (SSSR count). The predicted octanol–water partition coefficient (Wildman–Crippen LogP) is 0.904. The summed E-state index contributed by atoms with van der Waals surface area (Å²) in [5, 5.41) is 2.48. The average Bonchev–Trinajstić information content (AvgIpc) is 2.06. The zero-order valence-corrected chi connectivity index (χ0v) is 6.07. The Morgan fingerprint density at radius 3 is 3.27 bits per heavy atom. The molecular weight excluding hydrogens is 144 g/mol. The van der Waals surface area contributed by atoms with Crippen molar-refractivity contribution >= 4 is 12.1 Å². The minimum Gasteiger partial charge on any atom is -0.481 e. The summed E-state index contributed by atoms with van der Waals surface area (Å²) in [6, 6.07) is 3.31. The van der Waals surface area contributed by atoms with Gasteiger partial charge in [0, 0.05) is 19.4 Å². The van der Waals surface area contributed by atoms with Gasteiger partial charge in [0.15, 0.2) is 0 Å². The molecule has 4 heteroatoms. The molecule has 11 heavy (non-hydrogen) atoms. The van der Waals surface area contributed by atoms with E-state index in [9.17, 15) is 4.79 Å². The van der Waals surface area contributed by atoms with Crippen molar-refractivity contribution in [1.82, 2.24) is 4.98 Å². The van der Waals surface area contributed by atoms with Crippen LogP contribution >= 0.6 is 0 Å². The molecular formula is C7H10N2O2. The Labute approximate surface area is 65.7 Å². The molecule has 0 aromatic carbocycles. The monoisotopic (exact) mass is 154 g/mol. The zero-order chi connectivity index (χ0) is 8.10. The van der Waals surface area contributed by atoms with Crippen LogP contribution in [0.5, 0.6) is 5.88 Å². The lowest BCUT2D eigenvalue weighted by atomic mass is 10.4. The summed E-state index contributed by atoms with van der Waals surface area (Å²) in [5.74, 6) is 0.483. The minimum absolute atomic E-state index is 0. The van der Waals surface area contributed by atoms with Crippen molar-refractivity contribution in [2.45, 2.75) is 0 Å². The summed E-state index contributed by atoms with van der Waals surface area (Å²) in [5.41, 5.74) is 0.673. The van der Waals surface area contributed by atoms with Gasteiger partial charge in [0.25, 0.3) is 0 Å². The molecule has 0 saturated carbocycles. The number of methoxy groups -OCH3 is 1. The van der Waals surface area contributed by atoms with Crippen molar-refractivity contribution < 1.29 is 11.0 Å². The molecule has 0 aliphatic rings. The number of amides is 1. The van der Waals surface area contributed by atoms with Crippen molar-refractivity contribution in [3.63, 3.8) is 0 Å². The zero-order valence-electron chi connectivity index (χ0n) is 6.07. The highest BCUT2D eigenvalue weighted by Crippen LogP contribution is 2.11. The molecule has 0 fully saturated rings. The van der Waals surface area contributed by atoms with Crippen LogP contribution in [-0.2, 0) is 4.79 Å². The Hall–Kier alpha value is -1.58. The highest BCUT2D eigenvalue weighted by Gasteiger charge is 1.93. The highest BCUT2D eigenvalue weighted by molar-refractivity contribution is 5.71. The van der Waals surface area contributed by atoms with E-state index in [-0.39, 0.29) is 1.43 Å². The molecule has 1 aromatic heterocycles. The van der Waals surface area contributed by atoms with Gasteiger partial charge in [0.05, 0.1) is 7.11 Å². The number of carbonyl (C=O) groups excluding carboxylic acids is 1. The lowest BCUT2D eigenvalue weighted by Gasteiger charge is -2.00. The molecule has 1 N–H and O–H groups in total. The number of nitrogens with one attached hydrogen (secondary N) is 1. The van der Waals surface area contributed by atoms with Gasteiger partial charge in [-0.2, -0.15) is 0 Å². The first-order chi connectivity index (χ1) is 5.36. The molecule has 0 saturated heterocycles. The quantitative estimate of drug-likeness (QED) is 0.658. The Bertz CT molecular complexity index is 255. The Morgan fingerprint density at radius 1 is 1.82 bits per heavy atom. The van der Waals surface area contributed by atoms with Gasteiger partial charge in [-0.15, -0.1) is 0 Å². The molecule has 60 valence electrons. The van der Waals surface area contributed by atoms with E-state index in [1.54, 1.807) is 18.3 Å². The van der Waals surface area contributed by atoms with E-state index in [0.717, 1.165) is 0 Å². The van der Waals surface area contributed by atoms with Crippen molar-refractivity contribution in [3.05, 3.63) is 18.3 Å². The Kier molecular flexibility index (Phi) is 2.43. The summed E-state index contributed by atoms with van der Waals surface area (Å²) in [6.45, 7) is 0. The van der Waals surface area contributed by atoms with E-state index < -0.39 is 0 Å². The summed E-state index contributed by atoms with van der Waals surface area (Å²) < 4.78 is 4.83. The summed E-state index contributed by atoms with van der Waals surface area (Å²) in [6.07, 6.45) is 2.17. The van der Waals surface area contributed by atoms with Crippen molar-refractivity contribution in [2.75, 3.05) is 12.4 Å². The van der Waals surface area contributed by atoms with Crippen LogP contribution in [-0.4, -0.2) is 18.5 Å². The third-order valence-electron chi connectivity index (χ3n) is 1.17. The van der Waals surface area contributed by atoms with Crippen molar-refractivity contribution in [3.8, 4) is 5.88 Å². The number of pyridine rings is 1. The molecule has 0 spiro atoms. The number of anilines is 1. The van der Waals surface area contributed by atoms with Crippen molar-refractivity contribution in [2.24, 2.45) is 0 Å². The van der Waals surface area contributed by atoms with Crippen LogP contribution in [0.2, 0.25) is 0 Å². The lowest BCUT2D eigenvalue weighted by Crippen LogP contribution is -1.94. The van der Waals surface area contributed by atoms with Crippen molar-refractivity contribution in [1.29, 1.82) is 0 Å². The van der Waals surface area contributed by atoms with E-state index in [0.29, 0.717) is 18.0 Å². The molecule has 0 aliphatic heterocycles. The first-order valence-electron chi connectivity index (χ1n) is 3.07. The third kappa shape index (κ3) is 1.93. The maximum Gasteiger partial charge on any atom is 0.214 e. The van der Waals surface area contributed by atoms with Crippen LogP contribution in [0.4, 0.5) is 5.69 Å². The molecule has 0 unspecified atom stereocenters. The molecule has 0 radical (unpaired) electrons. The van der Waals surface area contributed by atoms with Crippen LogP contribution in [0.3, 0.4) is 0 Å². The number of carbonyl (C=O) groups is 1. The third-order valence-corrected chi connectivity index (χ3v) is 1.17. The van der Waals surface area contributed by atoms with Gasteiger partial charge in [-0.25, -0.2) is 4.98 Å². The Balaban J connectivity index is 0.00000121. The topological polar surface area (TPSA) is 51.2 Å². The smallest absolute Gasteiger partial charge is 0.214 e. The second-order valence-corrected chi connectivity index (χ2v) is 1.85. The number of ether oxygens (including phenoxy) is 1. The van der Waals surface area contributed by atoms with Gasteiger partial charge < -0.3 is 10.1 Å². The maximum absolute atomic E-state index is 10.0. The van der Waals surface area contributed by atoms with Crippen LogP contribution in [0.25, 0.3) is 0 Å². The molecule has 1 aromatic rings. The van der Waals surface area contributed by atoms with Gasteiger partial charge in [-0.1, -0.05) is 0 Å². The summed E-state index contributed by atoms with van der Waals surface area (Å²) in [4.78, 5) is 13.9. The van der Waals surface area contributed by atoms with Crippen LogP contribution < -0.4 is 10.1 Å². The van der Waals surface area contributed by atoms with Crippen LogP contribution in [0.1, 0.15) is 1.43 Å². The molecule has 0 bridgehead atoms. The normalized spacial score (nSPS) is 8.82. The maximum atomic E-state index is 10.0. The number of rotatable bonds is 3. The van der Waals surface area contributed by atoms with Gasteiger partial charge in [0.2, 0.25) is 12.3 Å². The van der Waals surface area contributed by atoms with Gasteiger partial charge in [-0.05, 0) is 6.07 Å². The molecule has 0 aliphatic carbocycles. The Morgan fingerprint density at radius 2 is 2.64 bits per heavy atom. The number of hydrogen-bond donors (Lipinski definition) is 1. The number of nitrogens with zero attached hydrogens (tertiary/aromatic N) is 1. The fraction of sp³-hybridized carbons (Fsp3) is 0.143. The van der Waals surface area contributed by atoms with E-state index in [4.69, 9.17) is 4.74 Å². The highest BCUT2D eigenvalue weighted by atomic mass is 16.5. The molecule has 1 heterocycles. The standard InChI is InChI=1S/C7H8N2O2.H2/c1-11-7-4-6(9-5-10)2-3-8-7;/h2-5H,1H3,(H,8,9,10);1H. The second-order valence-electron chi connectivity index (χ2n) is 1.85. The second kappa shape index (κ2) is 3.55. The van der Waals surface area contributed by atoms with Gasteiger partial charge in [0.1, 0.15) is 0 Å². The van der Waals surface area contributed by atoms with E-state index in [1.807, 2.05) is 0 Å². The van der Waals surface area contributed by atoms with E-state index >= 15 is 0 Å². The largest absolute Gasteiger partial charge is 0.481 e. The summed E-state index contributed by atoms with van der Waals surface area (Å²) in [7, 11) is 1.52. The lowest BCUT2D eigenvalue weighted by molar-refractivity contribution is -0.105. The van der Waals surface area contributed by atoms with Crippen LogP contribution in [0, 0.1) is 0 Å². The number of aromatic nitrogens is 1. The minimum atomic E-state index is 0. The number of hydrogen-bond acceptors (Lipinski definition) is 3. The fourth-order valence-corrected chi connectivity index (χ4v) is 0.679. The average molecular weight is 154 g/mol. The molecule has 0 atom stereocenters. The SMILES string of the molecule is COc1cc(NC=O)ccn1.[HH]. The summed E-state index contributed by atoms with van der Waals surface area (Å²) >= 11 is 0. The van der Waals surface area contributed by atoms with E-state index in [1.165, 1.54) is 7.11 Å². The fourth-order valence-electron chi connectivity index (χ4n) is 0.679. The predicted molar refractivity (Wildman–Crippen MR) is 42.6 cm³/mol. The first kappa shape index (κ1) is 7.53. The van der Waals surface area contributed by atoms with Gasteiger partial charge in [-0.3, -0.25) is 4.79 Å². The van der Waals surface area contributed by atoms with E-state index in [2.05, 4.69) is 10.3 Å². The van der Waals surface area contributed by atoms with Crippen LogP contribution in [0.15, 0.2) is 18.3 Å².